The summed E-state index contributed by atoms with van der Waals surface area (Å²) in [5.74, 6) is -0.834. The Morgan fingerprint density at radius 1 is 1.00 bits per heavy atom. The molecule has 0 aliphatic rings. The number of fused-ring (bicyclic) bond motifs is 1. The van der Waals surface area contributed by atoms with Gasteiger partial charge in [-0.15, -0.1) is 0 Å². The molecule has 9 heteroatoms. The van der Waals surface area contributed by atoms with Gasteiger partial charge >= 0.3 is 5.97 Å². The van der Waals surface area contributed by atoms with Gasteiger partial charge in [0.2, 0.25) is 0 Å². The molecule has 0 radical (unpaired) electrons. The molecule has 0 aliphatic carbocycles. The first-order valence-corrected chi connectivity index (χ1v) is 10.6. The molecule has 0 spiro atoms. The topological polar surface area (TPSA) is 101 Å². The quantitative estimate of drug-likeness (QED) is 0.391. The number of esters is 1. The van der Waals surface area contributed by atoms with Crippen LogP contribution in [0.25, 0.3) is 10.9 Å². The monoisotopic (exact) mass is 481 g/mol. The van der Waals surface area contributed by atoms with Crippen LogP contribution < -0.4 is 10.9 Å². The highest BCUT2D eigenvalue weighted by Crippen LogP contribution is 2.25. The summed E-state index contributed by atoms with van der Waals surface area (Å²) in [6.07, 6.45) is 0.204. The van der Waals surface area contributed by atoms with Gasteiger partial charge < -0.3 is 15.0 Å². The van der Waals surface area contributed by atoms with E-state index in [0.717, 1.165) is 0 Å². The number of H-pyrrole nitrogens is 1. The Hall–Kier alpha value is -3.68. The molecule has 4 aromatic rings. The molecule has 0 fully saturated rings. The van der Waals surface area contributed by atoms with E-state index >= 15 is 0 Å². The lowest BCUT2D eigenvalue weighted by molar-refractivity contribution is -0.119. The Labute approximate surface area is 198 Å². The van der Waals surface area contributed by atoms with Crippen LogP contribution in [0.3, 0.4) is 0 Å². The predicted octanol–water partition coefficient (Wildman–Crippen LogP) is 4.62. The van der Waals surface area contributed by atoms with Crippen molar-refractivity contribution in [1.29, 1.82) is 0 Å². The van der Waals surface area contributed by atoms with Gasteiger partial charge in [-0.25, -0.2) is 9.78 Å². The van der Waals surface area contributed by atoms with Gasteiger partial charge in [-0.05, 0) is 42.0 Å². The minimum atomic E-state index is -0.680. The summed E-state index contributed by atoms with van der Waals surface area (Å²) in [7, 11) is 0. The van der Waals surface area contributed by atoms with Crippen LogP contribution in [-0.2, 0) is 16.0 Å². The van der Waals surface area contributed by atoms with Gasteiger partial charge in [0.25, 0.3) is 11.5 Å². The maximum absolute atomic E-state index is 12.7. The van der Waals surface area contributed by atoms with E-state index in [1.54, 1.807) is 60.7 Å². The van der Waals surface area contributed by atoms with E-state index in [-0.39, 0.29) is 17.5 Å². The molecule has 0 saturated carbocycles. The van der Waals surface area contributed by atoms with Crippen LogP contribution in [0.5, 0.6) is 0 Å². The first-order valence-electron chi connectivity index (χ1n) is 9.88. The Bertz CT molecular complexity index is 1420. The number of hydrogen-bond acceptors (Lipinski definition) is 5. The number of benzene rings is 3. The van der Waals surface area contributed by atoms with Crippen molar-refractivity contribution < 1.29 is 14.3 Å². The summed E-state index contributed by atoms with van der Waals surface area (Å²) in [5.41, 5.74) is 1.48. The molecule has 2 N–H and O–H groups in total. The van der Waals surface area contributed by atoms with Crippen LogP contribution in [0, 0.1) is 0 Å². The van der Waals surface area contributed by atoms with Crippen molar-refractivity contribution in [1.82, 2.24) is 9.97 Å². The van der Waals surface area contributed by atoms with Crippen LogP contribution in [0.2, 0.25) is 10.0 Å². The Morgan fingerprint density at radius 3 is 2.61 bits per heavy atom. The van der Waals surface area contributed by atoms with Gasteiger partial charge in [0.15, 0.2) is 6.61 Å². The highest BCUT2D eigenvalue weighted by Gasteiger charge is 2.16. The lowest BCUT2D eigenvalue weighted by Gasteiger charge is -2.11. The molecule has 7 nitrogen and oxygen atoms in total. The molecule has 33 heavy (non-hydrogen) atoms. The van der Waals surface area contributed by atoms with Gasteiger partial charge in [-0.3, -0.25) is 9.59 Å². The second-order valence-corrected chi connectivity index (χ2v) is 7.96. The molecule has 1 amide bonds. The number of aromatic amines is 1. The first-order chi connectivity index (χ1) is 15.9. The fraction of sp³-hybridized carbons (Fsp3) is 0.0833. The van der Waals surface area contributed by atoms with Crippen LogP contribution in [0.15, 0.2) is 71.5 Å². The molecular formula is C24H17Cl2N3O4. The van der Waals surface area contributed by atoms with Crippen molar-refractivity contribution in [3.63, 3.8) is 0 Å². The minimum Gasteiger partial charge on any atom is -0.452 e. The van der Waals surface area contributed by atoms with Crippen molar-refractivity contribution in [3.8, 4) is 0 Å². The SMILES string of the molecule is O=C(COC(=O)c1ccccc1Cc1nc2ccccc2c(=O)[nH]1)Nc1cc(Cl)ccc1Cl. The van der Waals surface area contributed by atoms with E-state index in [1.807, 2.05) is 0 Å². The molecule has 4 rings (SSSR count). The summed E-state index contributed by atoms with van der Waals surface area (Å²) in [6, 6.07) is 18.4. The normalized spacial score (nSPS) is 10.7. The van der Waals surface area contributed by atoms with Crippen molar-refractivity contribution in [2.24, 2.45) is 0 Å². The summed E-state index contributed by atoms with van der Waals surface area (Å²) < 4.78 is 5.19. The van der Waals surface area contributed by atoms with Crippen LogP contribution in [0.4, 0.5) is 5.69 Å². The van der Waals surface area contributed by atoms with Crippen LogP contribution >= 0.6 is 23.2 Å². The zero-order valence-electron chi connectivity index (χ0n) is 17.1. The van der Waals surface area contributed by atoms with Crippen LogP contribution in [-0.4, -0.2) is 28.5 Å². The number of nitrogens with zero attached hydrogens (tertiary/aromatic N) is 1. The van der Waals surface area contributed by atoms with Crippen molar-refractivity contribution in [2.45, 2.75) is 6.42 Å². The number of ether oxygens (including phenoxy) is 1. The second-order valence-electron chi connectivity index (χ2n) is 7.11. The smallest absolute Gasteiger partial charge is 0.338 e. The molecule has 1 aromatic heterocycles. The number of aromatic nitrogens is 2. The molecule has 166 valence electrons. The van der Waals surface area contributed by atoms with Crippen molar-refractivity contribution >= 4 is 51.7 Å². The molecule has 0 atom stereocenters. The van der Waals surface area contributed by atoms with Gasteiger partial charge in [0.1, 0.15) is 5.82 Å². The number of para-hydroxylation sites is 1. The number of rotatable bonds is 6. The zero-order valence-corrected chi connectivity index (χ0v) is 18.6. The summed E-state index contributed by atoms with van der Waals surface area (Å²) in [6.45, 7) is -0.513. The third-order valence-corrected chi connectivity index (χ3v) is 5.36. The van der Waals surface area contributed by atoms with Gasteiger partial charge in [-0.2, -0.15) is 0 Å². The van der Waals surface area contributed by atoms with E-state index in [0.29, 0.717) is 38.0 Å². The van der Waals surface area contributed by atoms with Gasteiger partial charge in [0.05, 0.1) is 27.2 Å². The maximum Gasteiger partial charge on any atom is 0.338 e. The highest BCUT2D eigenvalue weighted by atomic mass is 35.5. The molecular weight excluding hydrogens is 465 g/mol. The van der Waals surface area contributed by atoms with E-state index < -0.39 is 18.5 Å². The number of nitrogens with one attached hydrogen (secondary N) is 2. The van der Waals surface area contributed by atoms with Crippen LogP contribution in [0.1, 0.15) is 21.7 Å². The maximum atomic E-state index is 12.7. The molecule has 0 unspecified atom stereocenters. The molecule has 0 aliphatic heterocycles. The predicted molar refractivity (Wildman–Crippen MR) is 127 cm³/mol. The summed E-state index contributed by atoms with van der Waals surface area (Å²) >= 11 is 11.9. The third kappa shape index (κ3) is 5.39. The van der Waals surface area contributed by atoms with Gasteiger partial charge in [-0.1, -0.05) is 53.5 Å². The number of hydrogen-bond donors (Lipinski definition) is 2. The first kappa shape index (κ1) is 22.5. The van der Waals surface area contributed by atoms with E-state index in [2.05, 4.69) is 15.3 Å². The number of anilines is 1. The van der Waals surface area contributed by atoms with E-state index in [4.69, 9.17) is 27.9 Å². The van der Waals surface area contributed by atoms with E-state index in [9.17, 15) is 14.4 Å². The van der Waals surface area contributed by atoms with Crippen molar-refractivity contribution in [3.05, 3.63) is 104 Å². The van der Waals surface area contributed by atoms with Gasteiger partial charge in [0, 0.05) is 11.4 Å². The summed E-state index contributed by atoms with van der Waals surface area (Å²) in [4.78, 5) is 44.4. The summed E-state index contributed by atoms with van der Waals surface area (Å²) in [5, 5.41) is 3.75. The number of halogens is 2. The molecule has 1 heterocycles. The minimum absolute atomic E-state index is 0.204. The average molecular weight is 482 g/mol. The average Bonchev–Trinajstić information content (AvgIpc) is 2.80. The fourth-order valence-corrected chi connectivity index (χ4v) is 3.60. The Kier molecular flexibility index (Phi) is 6.72. The lowest BCUT2D eigenvalue weighted by Crippen LogP contribution is -2.21. The lowest BCUT2D eigenvalue weighted by atomic mass is 10.0. The Morgan fingerprint density at radius 2 is 1.76 bits per heavy atom. The fourth-order valence-electron chi connectivity index (χ4n) is 3.26. The highest BCUT2D eigenvalue weighted by molar-refractivity contribution is 6.35. The zero-order chi connectivity index (χ0) is 23.4. The molecule has 3 aromatic carbocycles. The molecule has 0 saturated heterocycles. The standard InChI is InChI=1S/C24H17Cl2N3O4/c25-15-9-10-18(26)20(12-15)28-22(30)13-33-24(32)16-6-2-1-5-14(16)11-21-27-19-8-4-3-7-17(19)23(31)29-21/h1-10,12H,11,13H2,(H,28,30)(H,27,29,31). The number of carbonyl (C=O) groups is 2. The Balaban J connectivity index is 1.47. The van der Waals surface area contributed by atoms with E-state index in [1.165, 1.54) is 6.07 Å². The van der Waals surface area contributed by atoms with Crippen molar-refractivity contribution in [2.75, 3.05) is 11.9 Å². The second kappa shape index (κ2) is 9.85. The third-order valence-electron chi connectivity index (χ3n) is 4.79. The number of amides is 1. The largest absolute Gasteiger partial charge is 0.452 e. The number of carbonyl (C=O) groups excluding carboxylic acids is 2. The molecule has 0 bridgehead atoms.